The first-order chi connectivity index (χ1) is 10.8. The van der Waals surface area contributed by atoms with E-state index in [4.69, 9.17) is 4.42 Å². The molecule has 1 amide bonds. The average molecular weight is 298 g/mol. The summed E-state index contributed by atoms with van der Waals surface area (Å²) in [5.41, 5.74) is 2.47. The summed E-state index contributed by atoms with van der Waals surface area (Å²) in [5, 5.41) is 2.93. The SMILES string of the molecule is O=C(NCc1ccccc1CN1CCCCC1)c1ccco1. The molecule has 1 aliphatic rings. The van der Waals surface area contributed by atoms with Gasteiger partial charge in [0.1, 0.15) is 0 Å². The third-order valence-corrected chi connectivity index (χ3v) is 4.15. The van der Waals surface area contributed by atoms with Gasteiger partial charge in [-0.3, -0.25) is 9.69 Å². The third kappa shape index (κ3) is 3.77. The summed E-state index contributed by atoms with van der Waals surface area (Å²) in [4.78, 5) is 14.5. The van der Waals surface area contributed by atoms with Crippen molar-refractivity contribution in [3.05, 3.63) is 59.5 Å². The number of nitrogens with zero attached hydrogens (tertiary/aromatic N) is 1. The number of amides is 1. The quantitative estimate of drug-likeness (QED) is 0.922. The molecule has 1 aromatic carbocycles. The maximum atomic E-state index is 12.0. The van der Waals surface area contributed by atoms with E-state index in [2.05, 4.69) is 28.4 Å². The molecule has 2 aromatic rings. The summed E-state index contributed by atoms with van der Waals surface area (Å²) < 4.78 is 5.12. The number of carbonyl (C=O) groups is 1. The Kier molecular flexibility index (Phi) is 4.91. The summed E-state index contributed by atoms with van der Waals surface area (Å²) in [5.74, 6) is 0.186. The minimum absolute atomic E-state index is 0.169. The van der Waals surface area contributed by atoms with E-state index in [0.717, 1.165) is 6.54 Å². The monoisotopic (exact) mass is 298 g/mol. The van der Waals surface area contributed by atoms with Crippen molar-refractivity contribution in [1.82, 2.24) is 10.2 Å². The number of likely N-dealkylation sites (tertiary alicyclic amines) is 1. The van der Waals surface area contributed by atoms with Crippen molar-refractivity contribution in [2.24, 2.45) is 0 Å². The highest BCUT2D eigenvalue weighted by molar-refractivity contribution is 5.91. The van der Waals surface area contributed by atoms with E-state index in [1.165, 1.54) is 49.7 Å². The van der Waals surface area contributed by atoms with Gasteiger partial charge in [-0.15, -0.1) is 0 Å². The van der Waals surface area contributed by atoms with Crippen molar-refractivity contribution in [2.45, 2.75) is 32.4 Å². The van der Waals surface area contributed by atoms with E-state index in [0.29, 0.717) is 12.3 Å². The van der Waals surface area contributed by atoms with Crippen LogP contribution >= 0.6 is 0 Å². The van der Waals surface area contributed by atoms with Crippen LogP contribution in [-0.2, 0) is 13.1 Å². The molecular weight excluding hydrogens is 276 g/mol. The minimum atomic E-state index is -0.169. The van der Waals surface area contributed by atoms with Crippen LogP contribution < -0.4 is 5.32 Å². The Morgan fingerprint density at radius 2 is 1.82 bits per heavy atom. The Bertz CT molecular complexity index is 601. The molecule has 0 bridgehead atoms. The maximum absolute atomic E-state index is 12.0. The van der Waals surface area contributed by atoms with Crippen LogP contribution in [0.25, 0.3) is 0 Å². The molecule has 0 aliphatic carbocycles. The van der Waals surface area contributed by atoms with Crippen LogP contribution in [0, 0.1) is 0 Å². The fourth-order valence-corrected chi connectivity index (χ4v) is 2.91. The Labute approximate surface area is 131 Å². The lowest BCUT2D eigenvalue weighted by molar-refractivity contribution is 0.0923. The van der Waals surface area contributed by atoms with Crippen molar-refractivity contribution in [3.8, 4) is 0 Å². The molecule has 116 valence electrons. The Morgan fingerprint density at radius 1 is 1.05 bits per heavy atom. The third-order valence-electron chi connectivity index (χ3n) is 4.15. The molecule has 0 saturated carbocycles. The van der Waals surface area contributed by atoms with Gasteiger partial charge in [-0.05, 0) is 49.2 Å². The highest BCUT2D eigenvalue weighted by Gasteiger charge is 2.13. The molecule has 0 atom stereocenters. The summed E-state index contributed by atoms with van der Waals surface area (Å²) in [6, 6.07) is 11.7. The zero-order chi connectivity index (χ0) is 15.2. The van der Waals surface area contributed by atoms with Gasteiger partial charge in [-0.2, -0.15) is 0 Å². The van der Waals surface area contributed by atoms with Crippen LogP contribution in [0.3, 0.4) is 0 Å². The summed E-state index contributed by atoms with van der Waals surface area (Å²) >= 11 is 0. The fourth-order valence-electron chi connectivity index (χ4n) is 2.91. The van der Waals surface area contributed by atoms with Gasteiger partial charge in [0.05, 0.1) is 6.26 Å². The number of carbonyl (C=O) groups excluding carboxylic acids is 1. The Hall–Kier alpha value is -2.07. The van der Waals surface area contributed by atoms with Gasteiger partial charge in [-0.1, -0.05) is 30.7 Å². The van der Waals surface area contributed by atoms with Crippen molar-refractivity contribution >= 4 is 5.91 Å². The number of hydrogen-bond donors (Lipinski definition) is 1. The maximum Gasteiger partial charge on any atom is 0.287 e. The van der Waals surface area contributed by atoms with E-state index >= 15 is 0 Å². The zero-order valence-electron chi connectivity index (χ0n) is 12.8. The molecule has 1 aromatic heterocycles. The van der Waals surface area contributed by atoms with Crippen molar-refractivity contribution in [2.75, 3.05) is 13.1 Å². The molecule has 2 heterocycles. The predicted molar refractivity (Wildman–Crippen MR) is 85.4 cm³/mol. The number of furan rings is 1. The van der Waals surface area contributed by atoms with E-state index in [9.17, 15) is 4.79 Å². The van der Waals surface area contributed by atoms with Gasteiger partial charge < -0.3 is 9.73 Å². The molecule has 1 saturated heterocycles. The number of piperidine rings is 1. The second-order valence-corrected chi connectivity index (χ2v) is 5.77. The molecule has 0 unspecified atom stereocenters. The van der Waals surface area contributed by atoms with Crippen LogP contribution in [0.2, 0.25) is 0 Å². The van der Waals surface area contributed by atoms with Crippen molar-refractivity contribution < 1.29 is 9.21 Å². The van der Waals surface area contributed by atoms with E-state index in [-0.39, 0.29) is 5.91 Å². The van der Waals surface area contributed by atoms with Crippen LogP contribution in [0.15, 0.2) is 47.1 Å². The highest BCUT2D eigenvalue weighted by Crippen LogP contribution is 2.16. The molecule has 4 nitrogen and oxygen atoms in total. The highest BCUT2D eigenvalue weighted by atomic mass is 16.3. The number of hydrogen-bond acceptors (Lipinski definition) is 3. The molecule has 0 radical (unpaired) electrons. The second-order valence-electron chi connectivity index (χ2n) is 5.77. The molecule has 1 aliphatic heterocycles. The van der Waals surface area contributed by atoms with Gasteiger partial charge >= 0.3 is 0 Å². The van der Waals surface area contributed by atoms with Crippen LogP contribution in [-0.4, -0.2) is 23.9 Å². The first-order valence-electron chi connectivity index (χ1n) is 7.94. The van der Waals surface area contributed by atoms with Crippen LogP contribution in [0.4, 0.5) is 0 Å². The van der Waals surface area contributed by atoms with E-state index in [1.54, 1.807) is 12.1 Å². The number of nitrogens with one attached hydrogen (secondary N) is 1. The van der Waals surface area contributed by atoms with Gasteiger partial charge in [0.25, 0.3) is 5.91 Å². The Balaban J connectivity index is 1.62. The van der Waals surface area contributed by atoms with Gasteiger partial charge in [0.2, 0.25) is 0 Å². The molecule has 22 heavy (non-hydrogen) atoms. The summed E-state index contributed by atoms with van der Waals surface area (Å²) in [7, 11) is 0. The van der Waals surface area contributed by atoms with Crippen molar-refractivity contribution in [1.29, 1.82) is 0 Å². The fraction of sp³-hybridized carbons (Fsp3) is 0.389. The lowest BCUT2D eigenvalue weighted by Gasteiger charge is -2.27. The Morgan fingerprint density at radius 3 is 2.55 bits per heavy atom. The predicted octanol–water partition coefficient (Wildman–Crippen LogP) is 3.20. The number of benzene rings is 1. The van der Waals surface area contributed by atoms with Crippen LogP contribution in [0.1, 0.15) is 40.9 Å². The second kappa shape index (κ2) is 7.27. The van der Waals surface area contributed by atoms with Gasteiger partial charge in [0.15, 0.2) is 5.76 Å². The van der Waals surface area contributed by atoms with Gasteiger partial charge in [-0.25, -0.2) is 0 Å². The molecular formula is C18H22N2O2. The standard InChI is InChI=1S/C18H22N2O2/c21-18(17-9-6-12-22-17)19-13-15-7-2-3-8-16(15)14-20-10-4-1-5-11-20/h2-3,6-9,12H,1,4-5,10-11,13-14H2,(H,19,21). The molecule has 4 heteroatoms. The summed E-state index contributed by atoms with van der Waals surface area (Å²) in [6.07, 6.45) is 5.44. The normalized spacial score (nSPS) is 15.6. The zero-order valence-corrected chi connectivity index (χ0v) is 12.8. The molecule has 1 fully saturated rings. The number of rotatable bonds is 5. The summed E-state index contributed by atoms with van der Waals surface area (Å²) in [6.45, 7) is 3.84. The smallest absolute Gasteiger partial charge is 0.287 e. The van der Waals surface area contributed by atoms with E-state index < -0.39 is 0 Å². The topological polar surface area (TPSA) is 45.5 Å². The van der Waals surface area contributed by atoms with Crippen molar-refractivity contribution in [3.63, 3.8) is 0 Å². The van der Waals surface area contributed by atoms with Gasteiger partial charge in [0, 0.05) is 13.1 Å². The first kappa shape index (κ1) is 14.9. The van der Waals surface area contributed by atoms with E-state index in [1.807, 2.05) is 6.07 Å². The molecule has 3 rings (SSSR count). The van der Waals surface area contributed by atoms with Crippen LogP contribution in [0.5, 0.6) is 0 Å². The first-order valence-corrected chi connectivity index (χ1v) is 7.94. The lowest BCUT2D eigenvalue weighted by atomic mass is 10.0. The molecule has 0 spiro atoms. The lowest BCUT2D eigenvalue weighted by Crippen LogP contribution is -2.30. The average Bonchev–Trinajstić information content (AvgIpc) is 3.09. The minimum Gasteiger partial charge on any atom is -0.459 e. The molecule has 1 N–H and O–H groups in total. The largest absolute Gasteiger partial charge is 0.459 e.